The lowest BCUT2D eigenvalue weighted by atomic mass is 9.82. The predicted molar refractivity (Wildman–Crippen MR) is 105 cm³/mol. The van der Waals surface area contributed by atoms with Gasteiger partial charge in [0.1, 0.15) is 0 Å². The summed E-state index contributed by atoms with van der Waals surface area (Å²) in [5.41, 5.74) is 0.471. The van der Waals surface area contributed by atoms with Gasteiger partial charge in [0.25, 0.3) is 5.60 Å². The first-order valence-electron chi connectivity index (χ1n) is 9.77. The molecule has 3 nitrogen and oxygen atoms in total. The van der Waals surface area contributed by atoms with Crippen LogP contribution in [-0.4, -0.2) is 34.2 Å². The van der Waals surface area contributed by atoms with E-state index in [9.17, 15) is 27.5 Å². The highest BCUT2D eigenvalue weighted by Crippen LogP contribution is 2.47. The van der Waals surface area contributed by atoms with Gasteiger partial charge in [0.05, 0.1) is 6.42 Å². The summed E-state index contributed by atoms with van der Waals surface area (Å²) >= 11 is 0. The van der Waals surface area contributed by atoms with Crippen molar-refractivity contribution in [2.75, 3.05) is 6.54 Å². The second kappa shape index (κ2) is 8.25. The summed E-state index contributed by atoms with van der Waals surface area (Å²) in [6.45, 7) is 4.08. The van der Waals surface area contributed by atoms with Gasteiger partial charge >= 0.3 is 6.18 Å². The third-order valence-corrected chi connectivity index (χ3v) is 5.43. The van der Waals surface area contributed by atoms with Crippen LogP contribution in [0.5, 0.6) is 0 Å². The quantitative estimate of drug-likeness (QED) is 0.547. The zero-order chi connectivity index (χ0) is 22.1. The van der Waals surface area contributed by atoms with Crippen LogP contribution < -0.4 is 0 Å². The zero-order valence-electron chi connectivity index (χ0n) is 16.8. The van der Waals surface area contributed by atoms with Gasteiger partial charge in [-0.1, -0.05) is 41.6 Å². The monoisotopic (exact) mass is 421 g/mol. The topological polar surface area (TPSA) is 40.5 Å². The van der Waals surface area contributed by atoms with Crippen molar-refractivity contribution in [1.29, 1.82) is 0 Å². The van der Waals surface area contributed by atoms with Crippen molar-refractivity contribution in [2.24, 2.45) is 0 Å². The van der Waals surface area contributed by atoms with Gasteiger partial charge in [0.2, 0.25) is 5.91 Å². The van der Waals surface area contributed by atoms with Gasteiger partial charge in [-0.2, -0.15) is 17.6 Å². The molecule has 0 radical (unpaired) electrons. The van der Waals surface area contributed by atoms with Crippen LogP contribution in [-0.2, 0) is 11.2 Å². The Labute approximate surface area is 172 Å². The molecule has 2 aliphatic rings. The molecule has 1 aliphatic heterocycles. The van der Waals surface area contributed by atoms with Crippen molar-refractivity contribution in [2.45, 2.75) is 51.3 Å². The Kier molecular flexibility index (Phi) is 6.06. The van der Waals surface area contributed by atoms with Crippen molar-refractivity contribution in [3.63, 3.8) is 0 Å². The number of allylic oxidation sites excluding steroid dienone is 2. The first-order valence-corrected chi connectivity index (χ1v) is 9.77. The second-order valence-electron chi connectivity index (χ2n) is 7.57. The number of nitrogens with zero attached hydrogens (tertiary/aromatic N) is 1. The zero-order valence-corrected chi connectivity index (χ0v) is 16.8. The Bertz CT molecular complexity index is 966. The largest absolute Gasteiger partial charge is 0.429 e. The number of amides is 1. The number of benzene rings is 1. The van der Waals surface area contributed by atoms with Crippen LogP contribution in [0, 0.1) is 6.92 Å². The Morgan fingerprint density at radius 3 is 2.50 bits per heavy atom. The summed E-state index contributed by atoms with van der Waals surface area (Å²) in [7, 11) is 0. The minimum absolute atomic E-state index is 0.161. The van der Waals surface area contributed by atoms with Crippen molar-refractivity contribution in [3.8, 4) is 0 Å². The Hall–Kier alpha value is -2.63. The Morgan fingerprint density at radius 1 is 1.27 bits per heavy atom. The van der Waals surface area contributed by atoms with E-state index in [4.69, 9.17) is 0 Å². The minimum Gasteiger partial charge on any atom is -0.369 e. The molecule has 30 heavy (non-hydrogen) atoms. The van der Waals surface area contributed by atoms with Crippen molar-refractivity contribution in [1.82, 2.24) is 4.90 Å². The number of hydrogen-bond acceptors (Lipinski definition) is 2. The van der Waals surface area contributed by atoms with Crippen LogP contribution in [0.1, 0.15) is 37.3 Å². The summed E-state index contributed by atoms with van der Waals surface area (Å²) in [6.07, 6.45) is -0.498. The van der Waals surface area contributed by atoms with Gasteiger partial charge < -0.3 is 10.0 Å². The SMILES string of the molecule is CC=C1/C(=C\C2=C=C(F)C2(O)C(F)(F)F)CCCCN1C(=O)Cc1ccc(C)cc1. The maximum absolute atomic E-state index is 13.5. The van der Waals surface area contributed by atoms with Crippen molar-refractivity contribution >= 4 is 5.91 Å². The highest BCUT2D eigenvalue weighted by Gasteiger charge is 2.63. The first-order chi connectivity index (χ1) is 14.1. The number of aliphatic hydroxyl groups is 1. The molecule has 1 amide bonds. The van der Waals surface area contributed by atoms with Crippen LogP contribution in [0.15, 0.2) is 64.8 Å². The van der Waals surface area contributed by atoms with Crippen LogP contribution >= 0.6 is 0 Å². The summed E-state index contributed by atoms with van der Waals surface area (Å²) in [4.78, 5) is 14.5. The number of alkyl halides is 3. The van der Waals surface area contributed by atoms with Gasteiger partial charge in [-0.15, -0.1) is 0 Å². The number of rotatable bonds is 3. The van der Waals surface area contributed by atoms with Gasteiger partial charge in [0, 0.05) is 17.8 Å². The molecule has 1 N–H and O–H groups in total. The van der Waals surface area contributed by atoms with Gasteiger partial charge in [0.15, 0.2) is 5.83 Å². The summed E-state index contributed by atoms with van der Waals surface area (Å²) in [5, 5.41) is 9.85. The fourth-order valence-electron chi connectivity index (χ4n) is 3.68. The third kappa shape index (κ3) is 4.00. The van der Waals surface area contributed by atoms with E-state index in [0.29, 0.717) is 37.1 Å². The van der Waals surface area contributed by atoms with E-state index in [1.54, 1.807) is 17.9 Å². The van der Waals surface area contributed by atoms with Gasteiger partial charge in [-0.3, -0.25) is 4.79 Å². The second-order valence-corrected chi connectivity index (χ2v) is 7.57. The molecule has 0 saturated carbocycles. The summed E-state index contributed by atoms with van der Waals surface area (Å²) in [6, 6.07) is 7.56. The van der Waals surface area contributed by atoms with E-state index >= 15 is 0 Å². The molecule has 1 atom stereocenters. The fraction of sp³-hybridized carbons (Fsp3) is 0.391. The van der Waals surface area contributed by atoms with Crippen LogP contribution in [0.4, 0.5) is 17.6 Å². The van der Waals surface area contributed by atoms with E-state index in [1.165, 1.54) is 0 Å². The molecule has 1 aliphatic carbocycles. The van der Waals surface area contributed by atoms with Crippen LogP contribution in [0.2, 0.25) is 0 Å². The average molecular weight is 421 g/mol. The lowest BCUT2D eigenvalue weighted by Crippen LogP contribution is -2.50. The lowest BCUT2D eigenvalue weighted by Gasteiger charge is -2.33. The molecule has 1 saturated heterocycles. The molecule has 0 aromatic heterocycles. The number of halogens is 4. The molecule has 1 heterocycles. The molecule has 160 valence electrons. The molecule has 1 unspecified atom stereocenters. The fourth-order valence-corrected chi connectivity index (χ4v) is 3.68. The van der Waals surface area contributed by atoms with Crippen LogP contribution in [0.3, 0.4) is 0 Å². The number of carbonyl (C=O) groups is 1. The first kappa shape index (κ1) is 22.1. The molecule has 1 aromatic carbocycles. The molecule has 0 spiro atoms. The van der Waals surface area contributed by atoms with E-state index in [1.807, 2.05) is 36.9 Å². The predicted octanol–water partition coefficient (Wildman–Crippen LogP) is 5.07. The molecule has 1 aromatic rings. The molecule has 1 fully saturated rings. The highest BCUT2D eigenvalue weighted by atomic mass is 19.4. The van der Waals surface area contributed by atoms with Crippen LogP contribution in [0.25, 0.3) is 0 Å². The Balaban J connectivity index is 1.90. The maximum atomic E-state index is 13.5. The standard InChI is InChI=1S/C23H23F4NO2/c1-3-19-17(13-18-14-20(24)22(18,30)23(25,26)27)6-4-5-11-28(19)21(29)12-16-9-7-15(2)8-10-16/h3,7-10,13,30H,4-6,11-12H2,1-2H3/b17-13-,19-3?. The number of aryl methyl sites for hydroxylation is 1. The molecule has 0 bridgehead atoms. The van der Waals surface area contributed by atoms with Gasteiger partial charge in [-0.05, 0) is 50.3 Å². The van der Waals surface area contributed by atoms with E-state index < -0.39 is 23.2 Å². The molecule has 3 rings (SSSR count). The van der Waals surface area contributed by atoms with Gasteiger partial charge in [-0.25, -0.2) is 0 Å². The molecular weight excluding hydrogens is 398 g/mol. The average Bonchev–Trinajstić information content (AvgIpc) is 2.90. The summed E-state index contributed by atoms with van der Waals surface area (Å²) in [5.74, 6) is -1.92. The van der Waals surface area contributed by atoms with Crippen molar-refractivity contribution in [3.05, 3.63) is 75.9 Å². The van der Waals surface area contributed by atoms with Crippen molar-refractivity contribution < 1.29 is 27.5 Å². The maximum Gasteiger partial charge on any atom is 0.429 e. The Morgan fingerprint density at radius 2 is 1.93 bits per heavy atom. The molecule has 7 heteroatoms. The number of likely N-dealkylation sites (tertiary alicyclic amines) is 1. The molecular formula is C23H23F4NO2. The smallest absolute Gasteiger partial charge is 0.369 e. The van der Waals surface area contributed by atoms with E-state index in [0.717, 1.165) is 17.2 Å². The minimum atomic E-state index is -5.18. The van der Waals surface area contributed by atoms with E-state index in [-0.39, 0.29) is 12.3 Å². The highest BCUT2D eigenvalue weighted by molar-refractivity contribution is 5.81. The van der Waals surface area contributed by atoms with E-state index in [2.05, 4.69) is 0 Å². The third-order valence-electron chi connectivity index (χ3n) is 5.43. The lowest BCUT2D eigenvalue weighted by molar-refractivity contribution is -0.237. The number of hydrogen-bond donors (Lipinski definition) is 1. The normalized spacial score (nSPS) is 25.0. The number of carbonyl (C=O) groups excluding carboxylic acids is 1. The summed E-state index contributed by atoms with van der Waals surface area (Å²) < 4.78 is 53.1.